The first-order chi connectivity index (χ1) is 7.28. The van der Waals surface area contributed by atoms with Crippen LogP contribution in [0.15, 0.2) is 0 Å². The summed E-state index contributed by atoms with van der Waals surface area (Å²) in [5.74, 6) is 4.62. The molecule has 1 aliphatic heterocycles. The van der Waals surface area contributed by atoms with Gasteiger partial charge in [-0.1, -0.05) is 6.42 Å². The molecule has 0 amide bonds. The van der Waals surface area contributed by atoms with Gasteiger partial charge in [-0.3, -0.25) is 0 Å². The van der Waals surface area contributed by atoms with Crippen molar-refractivity contribution in [2.75, 3.05) is 20.1 Å². The Morgan fingerprint density at radius 3 is 2.87 bits per heavy atom. The van der Waals surface area contributed by atoms with E-state index in [4.69, 9.17) is 0 Å². The highest BCUT2D eigenvalue weighted by Gasteiger charge is 2.61. The molecule has 0 aromatic carbocycles. The van der Waals surface area contributed by atoms with E-state index in [9.17, 15) is 0 Å². The van der Waals surface area contributed by atoms with Crippen molar-refractivity contribution in [3.8, 4) is 0 Å². The molecule has 5 unspecified atom stereocenters. The van der Waals surface area contributed by atoms with Gasteiger partial charge in [0.15, 0.2) is 0 Å². The molecule has 1 nitrogen and oxygen atoms in total. The van der Waals surface area contributed by atoms with E-state index in [-0.39, 0.29) is 0 Å². The van der Waals surface area contributed by atoms with E-state index < -0.39 is 0 Å². The Morgan fingerprint density at radius 1 is 1.20 bits per heavy atom. The fraction of sp³-hybridized carbons (Fsp3) is 1.00. The summed E-state index contributed by atoms with van der Waals surface area (Å²) in [6.45, 7) is 2.80. The third kappa shape index (κ3) is 1.03. The van der Waals surface area contributed by atoms with Crippen LogP contribution in [0.25, 0.3) is 0 Å². The SMILES string of the molecule is CN1CCC2(CC3CC2C2CCCC32)C1. The molecule has 1 spiro atoms. The topological polar surface area (TPSA) is 3.24 Å². The first kappa shape index (κ1) is 9.04. The van der Waals surface area contributed by atoms with Crippen molar-refractivity contribution >= 4 is 0 Å². The monoisotopic (exact) mass is 205 g/mol. The first-order valence-electron chi connectivity index (χ1n) is 6.97. The van der Waals surface area contributed by atoms with Crippen LogP contribution in [0.3, 0.4) is 0 Å². The highest BCUT2D eigenvalue weighted by molar-refractivity contribution is 5.11. The maximum absolute atomic E-state index is 2.59. The van der Waals surface area contributed by atoms with E-state index in [1.54, 1.807) is 32.1 Å². The van der Waals surface area contributed by atoms with Gasteiger partial charge in [0.05, 0.1) is 0 Å². The van der Waals surface area contributed by atoms with Crippen LogP contribution in [-0.4, -0.2) is 25.0 Å². The Labute approximate surface area is 93.2 Å². The molecule has 2 bridgehead atoms. The summed E-state index contributed by atoms with van der Waals surface area (Å²) in [6.07, 6.45) is 9.45. The quantitative estimate of drug-likeness (QED) is 0.588. The van der Waals surface area contributed by atoms with Crippen molar-refractivity contribution in [1.29, 1.82) is 0 Å². The lowest BCUT2D eigenvalue weighted by Crippen LogP contribution is -2.37. The van der Waals surface area contributed by atoms with Crippen LogP contribution in [0.5, 0.6) is 0 Å². The summed E-state index contributed by atoms with van der Waals surface area (Å²) >= 11 is 0. The number of hydrogen-bond donors (Lipinski definition) is 0. The highest BCUT2D eigenvalue weighted by atomic mass is 15.1. The maximum atomic E-state index is 2.59. The largest absolute Gasteiger partial charge is 0.306 e. The van der Waals surface area contributed by atoms with Crippen LogP contribution in [-0.2, 0) is 0 Å². The molecule has 3 saturated carbocycles. The zero-order valence-corrected chi connectivity index (χ0v) is 9.91. The third-order valence-electron chi connectivity index (χ3n) is 6.34. The molecule has 0 aromatic heterocycles. The van der Waals surface area contributed by atoms with Crippen LogP contribution in [0, 0.1) is 29.1 Å². The van der Waals surface area contributed by atoms with E-state index in [0.717, 1.165) is 23.2 Å². The van der Waals surface area contributed by atoms with Gasteiger partial charge >= 0.3 is 0 Å². The number of likely N-dealkylation sites (tertiary alicyclic amines) is 1. The van der Waals surface area contributed by atoms with Gasteiger partial charge in [-0.25, -0.2) is 0 Å². The second-order valence-corrected chi connectivity index (χ2v) is 6.92. The fourth-order valence-corrected chi connectivity index (χ4v) is 5.97. The average molecular weight is 205 g/mol. The van der Waals surface area contributed by atoms with Crippen molar-refractivity contribution in [2.24, 2.45) is 29.1 Å². The zero-order chi connectivity index (χ0) is 10.0. The molecule has 4 fully saturated rings. The number of rotatable bonds is 0. The van der Waals surface area contributed by atoms with Gasteiger partial charge in [-0.2, -0.15) is 0 Å². The van der Waals surface area contributed by atoms with Gasteiger partial charge in [0, 0.05) is 6.54 Å². The van der Waals surface area contributed by atoms with Crippen molar-refractivity contribution < 1.29 is 0 Å². The molecule has 0 aromatic rings. The number of nitrogens with zero attached hydrogens (tertiary/aromatic N) is 1. The van der Waals surface area contributed by atoms with Crippen LogP contribution in [0.1, 0.15) is 38.5 Å². The van der Waals surface area contributed by atoms with E-state index in [1.807, 2.05) is 0 Å². The summed E-state index contributed by atoms with van der Waals surface area (Å²) in [5, 5.41) is 0. The minimum atomic E-state index is 0.797. The van der Waals surface area contributed by atoms with Gasteiger partial charge in [-0.05, 0) is 74.8 Å². The molecule has 84 valence electrons. The molecule has 4 rings (SSSR count). The van der Waals surface area contributed by atoms with Gasteiger partial charge < -0.3 is 4.90 Å². The molecule has 1 heterocycles. The molecule has 1 saturated heterocycles. The van der Waals surface area contributed by atoms with Crippen LogP contribution < -0.4 is 0 Å². The molecule has 5 atom stereocenters. The van der Waals surface area contributed by atoms with Gasteiger partial charge in [0.1, 0.15) is 0 Å². The van der Waals surface area contributed by atoms with Crippen LogP contribution in [0.4, 0.5) is 0 Å². The van der Waals surface area contributed by atoms with E-state index in [1.165, 1.54) is 25.4 Å². The van der Waals surface area contributed by atoms with Crippen molar-refractivity contribution in [2.45, 2.75) is 38.5 Å². The van der Waals surface area contributed by atoms with Crippen molar-refractivity contribution in [3.05, 3.63) is 0 Å². The summed E-state index contributed by atoms with van der Waals surface area (Å²) in [6, 6.07) is 0. The predicted molar refractivity (Wildman–Crippen MR) is 61.6 cm³/mol. The second-order valence-electron chi connectivity index (χ2n) is 6.92. The van der Waals surface area contributed by atoms with Gasteiger partial charge in [0.2, 0.25) is 0 Å². The molecule has 15 heavy (non-hydrogen) atoms. The third-order valence-corrected chi connectivity index (χ3v) is 6.34. The predicted octanol–water partition coefficient (Wildman–Crippen LogP) is 2.76. The summed E-state index contributed by atoms with van der Waals surface area (Å²) in [5.41, 5.74) is 0.797. The number of fused-ring (bicyclic) bond motifs is 6. The summed E-state index contributed by atoms with van der Waals surface area (Å²) < 4.78 is 0. The van der Waals surface area contributed by atoms with Crippen LogP contribution >= 0.6 is 0 Å². The van der Waals surface area contributed by atoms with Crippen molar-refractivity contribution in [3.63, 3.8) is 0 Å². The Bertz CT molecular complexity index is 287. The lowest BCUT2D eigenvalue weighted by molar-refractivity contribution is 0.0910. The number of hydrogen-bond acceptors (Lipinski definition) is 1. The van der Waals surface area contributed by atoms with Gasteiger partial charge in [-0.15, -0.1) is 0 Å². The molecule has 3 aliphatic carbocycles. The highest BCUT2D eigenvalue weighted by Crippen LogP contribution is 2.67. The summed E-state index contributed by atoms with van der Waals surface area (Å²) in [7, 11) is 2.33. The van der Waals surface area contributed by atoms with E-state index in [0.29, 0.717) is 0 Å². The normalized spacial score (nSPS) is 58.2. The Morgan fingerprint density at radius 2 is 2.07 bits per heavy atom. The molecule has 0 N–H and O–H groups in total. The molecule has 1 heteroatoms. The molecular formula is C14H23N. The van der Waals surface area contributed by atoms with Gasteiger partial charge in [0.25, 0.3) is 0 Å². The molecule has 4 aliphatic rings. The fourth-order valence-electron chi connectivity index (χ4n) is 5.97. The smallest absolute Gasteiger partial charge is 0.00383 e. The lowest BCUT2D eigenvalue weighted by atomic mass is 9.65. The second kappa shape index (κ2) is 2.80. The maximum Gasteiger partial charge on any atom is 0.00383 e. The minimum Gasteiger partial charge on any atom is -0.306 e. The summed E-state index contributed by atoms with van der Waals surface area (Å²) in [4.78, 5) is 2.59. The first-order valence-corrected chi connectivity index (χ1v) is 6.97. The Hall–Kier alpha value is -0.0400. The minimum absolute atomic E-state index is 0.797. The molecule has 0 radical (unpaired) electrons. The zero-order valence-electron chi connectivity index (χ0n) is 9.91. The average Bonchev–Trinajstić information content (AvgIpc) is 2.89. The standard InChI is InChI=1S/C14H23N/c1-15-6-5-14(9-15)8-10-7-13(14)12-4-2-3-11(10)12/h10-13H,2-9H2,1H3. The Kier molecular flexibility index (Phi) is 1.68. The Balaban J connectivity index is 1.65. The van der Waals surface area contributed by atoms with E-state index in [2.05, 4.69) is 11.9 Å². The van der Waals surface area contributed by atoms with Crippen LogP contribution in [0.2, 0.25) is 0 Å². The van der Waals surface area contributed by atoms with Crippen molar-refractivity contribution in [1.82, 2.24) is 4.90 Å². The molecular weight excluding hydrogens is 182 g/mol. The van der Waals surface area contributed by atoms with E-state index >= 15 is 0 Å². The lowest BCUT2D eigenvalue weighted by Gasteiger charge is -2.40.